The summed E-state index contributed by atoms with van der Waals surface area (Å²) in [6.45, 7) is 6.11. The van der Waals surface area contributed by atoms with Crippen LogP contribution in [0.1, 0.15) is 17.4 Å². The molecular weight excluding hydrogens is 290 g/mol. The third kappa shape index (κ3) is 3.30. The summed E-state index contributed by atoms with van der Waals surface area (Å²) >= 11 is 1.50. The second kappa shape index (κ2) is 6.36. The van der Waals surface area contributed by atoms with Gasteiger partial charge in [-0.05, 0) is 26.3 Å². The zero-order valence-electron chi connectivity index (χ0n) is 12.6. The van der Waals surface area contributed by atoms with Crippen LogP contribution in [-0.2, 0) is 16.1 Å². The van der Waals surface area contributed by atoms with Crippen LogP contribution < -0.4 is 10.9 Å². The van der Waals surface area contributed by atoms with Crippen molar-refractivity contribution in [1.29, 1.82) is 0 Å². The van der Waals surface area contributed by atoms with Crippen molar-refractivity contribution in [2.75, 3.05) is 13.7 Å². The minimum Gasteiger partial charge on any atom is -0.383 e. The summed E-state index contributed by atoms with van der Waals surface area (Å²) in [5.74, 6) is -0.229. The first-order chi connectivity index (χ1) is 9.93. The second-order valence-corrected chi connectivity index (χ2v) is 6.27. The molecule has 0 aliphatic carbocycles. The molecule has 2 aromatic heterocycles. The number of rotatable bonds is 5. The van der Waals surface area contributed by atoms with E-state index in [2.05, 4.69) is 10.3 Å². The quantitative estimate of drug-likeness (QED) is 0.901. The van der Waals surface area contributed by atoms with E-state index in [1.54, 1.807) is 7.11 Å². The Balaban J connectivity index is 2.23. The summed E-state index contributed by atoms with van der Waals surface area (Å²) in [6.07, 6.45) is 1.43. The molecule has 2 rings (SSSR count). The van der Waals surface area contributed by atoms with Crippen LogP contribution in [0.25, 0.3) is 10.2 Å². The third-order valence-corrected chi connectivity index (χ3v) is 4.41. The van der Waals surface area contributed by atoms with Gasteiger partial charge in [-0.25, -0.2) is 4.98 Å². The summed E-state index contributed by atoms with van der Waals surface area (Å²) in [5.41, 5.74) is 0.770. The lowest BCUT2D eigenvalue weighted by Crippen LogP contribution is -2.39. The number of hydrogen-bond donors (Lipinski definition) is 1. The highest BCUT2D eigenvalue weighted by Crippen LogP contribution is 2.25. The molecule has 0 fully saturated rings. The van der Waals surface area contributed by atoms with E-state index in [0.29, 0.717) is 12.0 Å². The molecule has 0 radical (unpaired) electrons. The van der Waals surface area contributed by atoms with Gasteiger partial charge in [-0.1, -0.05) is 0 Å². The zero-order chi connectivity index (χ0) is 15.6. The van der Waals surface area contributed by atoms with E-state index in [0.717, 1.165) is 15.3 Å². The summed E-state index contributed by atoms with van der Waals surface area (Å²) in [5, 5.41) is 3.38. The van der Waals surface area contributed by atoms with Crippen LogP contribution in [0.5, 0.6) is 0 Å². The maximum Gasteiger partial charge on any atom is 0.262 e. The highest BCUT2D eigenvalue weighted by Gasteiger charge is 2.14. The van der Waals surface area contributed by atoms with Gasteiger partial charge in [-0.2, -0.15) is 0 Å². The van der Waals surface area contributed by atoms with Crippen LogP contribution in [-0.4, -0.2) is 35.2 Å². The average Bonchev–Trinajstić information content (AvgIpc) is 2.69. The van der Waals surface area contributed by atoms with Gasteiger partial charge in [0.25, 0.3) is 5.56 Å². The summed E-state index contributed by atoms with van der Waals surface area (Å²) in [4.78, 5) is 30.4. The van der Waals surface area contributed by atoms with Gasteiger partial charge < -0.3 is 10.1 Å². The number of aryl methyl sites for hydroxylation is 2. The maximum atomic E-state index is 12.4. The van der Waals surface area contributed by atoms with Crippen molar-refractivity contribution in [2.24, 2.45) is 0 Å². The Labute approximate surface area is 126 Å². The van der Waals surface area contributed by atoms with E-state index < -0.39 is 0 Å². The number of ether oxygens (including phenoxy) is 1. The Morgan fingerprint density at radius 1 is 1.52 bits per heavy atom. The molecule has 1 N–H and O–H groups in total. The molecule has 0 spiro atoms. The highest BCUT2D eigenvalue weighted by molar-refractivity contribution is 7.18. The average molecular weight is 309 g/mol. The maximum absolute atomic E-state index is 12.4. The molecule has 1 unspecified atom stereocenters. The number of nitrogens with one attached hydrogen (secondary N) is 1. The number of aromatic nitrogens is 2. The fourth-order valence-electron chi connectivity index (χ4n) is 2.15. The van der Waals surface area contributed by atoms with Crippen LogP contribution in [0.15, 0.2) is 11.1 Å². The summed E-state index contributed by atoms with van der Waals surface area (Å²) in [7, 11) is 1.58. The minimum absolute atomic E-state index is 0.0375. The molecule has 21 heavy (non-hydrogen) atoms. The first-order valence-corrected chi connectivity index (χ1v) is 7.49. The molecule has 2 aromatic rings. The predicted molar refractivity (Wildman–Crippen MR) is 82.8 cm³/mol. The zero-order valence-corrected chi connectivity index (χ0v) is 13.4. The molecule has 0 saturated carbocycles. The SMILES string of the molecule is COCC(C)NC(=O)Cn1cnc2sc(C)c(C)c2c1=O. The minimum atomic E-state index is -0.229. The molecule has 114 valence electrons. The van der Waals surface area contributed by atoms with Crippen molar-refractivity contribution in [1.82, 2.24) is 14.9 Å². The smallest absolute Gasteiger partial charge is 0.262 e. The van der Waals surface area contributed by atoms with Crippen molar-refractivity contribution < 1.29 is 9.53 Å². The Morgan fingerprint density at radius 2 is 2.24 bits per heavy atom. The summed E-state index contributed by atoms with van der Waals surface area (Å²) < 4.78 is 6.30. The van der Waals surface area contributed by atoms with Crippen LogP contribution in [0.4, 0.5) is 0 Å². The largest absolute Gasteiger partial charge is 0.383 e. The molecule has 2 heterocycles. The molecule has 1 atom stereocenters. The fourth-order valence-corrected chi connectivity index (χ4v) is 3.14. The Morgan fingerprint density at radius 3 is 2.90 bits per heavy atom. The van der Waals surface area contributed by atoms with E-state index in [4.69, 9.17) is 4.74 Å². The van der Waals surface area contributed by atoms with E-state index in [9.17, 15) is 9.59 Å². The molecule has 1 amide bonds. The van der Waals surface area contributed by atoms with Crippen LogP contribution >= 0.6 is 11.3 Å². The van der Waals surface area contributed by atoms with Gasteiger partial charge >= 0.3 is 0 Å². The Kier molecular flexibility index (Phi) is 4.74. The molecule has 0 aliphatic rings. The highest BCUT2D eigenvalue weighted by atomic mass is 32.1. The first-order valence-electron chi connectivity index (χ1n) is 6.67. The topological polar surface area (TPSA) is 73.2 Å². The van der Waals surface area contributed by atoms with Gasteiger partial charge in [0.1, 0.15) is 11.4 Å². The number of thiophene rings is 1. The number of hydrogen-bond acceptors (Lipinski definition) is 5. The molecule has 6 nitrogen and oxygen atoms in total. The molecule has 7 heteroatoms. The van der Waals surface area contributed by atoms with Gasteiger partial charge in [0, 0.05) is 18.0 Å². The van der Waals surface area contributed by atoms with Crippen LogP contribution in [0, 0.1) is 13.8 Å². The van der Waals surface area contributed by atoms with Crippen LogP contribution in [0.2, 0.25) is 0 Å². The van der Waals surface area contributed by atoms with Gasteiger partial charge in [0.05, 0.1) is 18.3 Å². The van der Waals surface area contributed by atoms with Crippen molar-refractivity contribution >= 4 is 27.5 Å². The van der Waals surface area contributed by atoms with Gasteiger partial charge in [-0.3, -0.25) is 14.2 Å². The number of methoxy groups -OCH3 is 1. The lowest BCUT2D eigenvalue weighted by molar-refractivity contribution is -0.122. The number of carbonyl (C=O) groups is 1. The van der Waals surface area contributed by atoms with Crippen molar-refractivity contribution in [3.63, 3.8) is 0 Å². The van der Waals surface area contributed by atoms with Crippen molar-refractivity contribution in [3.05, 3.63) is 27.1 Å². The van der Waals surface area contributed by atoms with Gasteiger partial charge in [-0.15, -0.1) is 11.3 Å². The Bertz CT molecular complexity index is 720. The van der Waals surface area contributed by atoms with E-state index in [-0.39, 0.29) is 24.1 Å². The van der Waals surface area contributed by atoms with Crippen molar-refractivity contribution in [2.45, 2.75) is 33.4 Å². The standard InChI is InChI=1S/C14H19N3O3S/c1-8(6-20-4)16-11(18)5-17-7-15-13-12(14(17)19)9(2)10(3)21-13/h7-8H,5-6H2,1-4H3,(H,16,18). The number of nitrogens with zero attached hydrogens (tertiary/aromatic N) is 2. The monoisotopic (exact) mass is 309 g/mol. The first kappa shape index (κ1) is 15.7. The molecule has 0 saturated heterocycles. The van der Waals surface area contributed by atoms with E-state index in [1.165, 1.54) is 22.2 Å². The number of carbonyl (C=O) groups excluding carboxylic acids is 1. The molecule has 0 bridgehead atoms. The third-order valence-electron chi connectivity index (χ3n) is 3.29. The normalized spacial score (nSPS) is 12.6. The Hall–Kier alpha value is -1.73. The molecular formula is C14H19N3O3S. The fraction of sp³-hybridized carbons (Fsp3) is 0.500. The molecule has 0 aromatic carbocycles. The number of amides is 1. The van der Waals surface area contributed by atoms with Gasteiger partial charge in [0.2, 0.25) is 5.91 Å². The van der Waals surface area contributed by atoms with Crippen molar-refractivity contribution in [3.8, 4) is 0 Å². The van der Waals surface area contributed by atoms with E-state index in [1.807, 2.05) is 20.8 Å². The lowest BCUT2D eigenvalue weighted by atomic mass is 10.2. The second-order valence-electron chi connectivity index (χ2n) is 5.06. The van der Waals surface area contributed by atoms with E-state index >= 15 is 0 Å². The predicted octanol–water partition coefficient (Wildman–Crippen LogP) is 1.23. The van der Waals surface area contributed by atoms with Gasteiger partial charge in [0.15, 0.2) is 0 Å². The number of fused-ring (bicyclic) bond motifs is 1. The lowest BCUT2D eigenvalue weighted by Gasteiger charge is -2.13. The summed E-state index contributed by atoms with van der Waals surface area (Å²) in [6, 6.07) is -0.0972. The van der Waals surface area contributed by atoms with Crippen LogP contribution in [0.3, 0.4) is 0 Å². The molecule has 0 aliphatic heterocycles.